The van der Waals surface area contributed by atoms with Crippen LogP contribution in [-0.4, -0.2) is 42.3 Å². The second kappa shape index (κ2) is 7.26. The van der Waals surface area contributed by atoms with Crippen LogP contribution in [0.1, 0.15) is 40.5 Å². The number of rotatable bonds is 4. The number of ether oxygens (including phenoxy) is 2. The van der Waals surface area contributed by atoms with E-state index >= 15 is 0 Å². The van der Waals surface area contributed by atoms with E-state index in [1.807, 2.05) is 0 Å². The molecule has 0 aromatic rings. The Labute approximate surface area is 124 Å². The first-order chi connectivity index (χ1) is 9.69. The van der Waals surface area contributed by atoms with Gasteiger partial charge in [0.05, 0.1) is 6.10 Å². The molecule has 2 atom stereocenters. The summed E-state index contributed by atoms with van der Waals surface area (Å²) in [6, 6.07) is -0.707. The molecule has 0 bridgehead atoms. The third-order valence-electron chi connectivity index (χ3n) is 2.61. The summed E-state index contributed by atoms with van der Waals surface area (Å²) in [5.41, 5.74) is 5.15. The number of oxime groups is 1. The quantitative estimate of drug-likeness (QED) is 0.345. The Morgan fingerprint density at radius 3 is 2.57 bits per heavy atom. The molecule has 1 aliphatic rings. The van der Waals surface area contributed by atoms with Gasteiger partial charge in [0.15, 0.2) is 5.84 Å². The minimum absolute atomic E-state index is 0.0389. The van der Waals surface area contributed by atoms with Gasteiger partial charge in [0.25, 0.3) is 0 Å². The summed E-state index contributed by atoms with van der Waals surface area (Å²) in [4.78, 5) is 27.1. The lowest BCUT2D eigenvalue weighted by Crippen LogP contribution is -2.52. The molecule has 8 heteroatoms. The predicted molar refractivity (Wildman–Crippen MR) is 75.5 cm³/mol. The van der Waals surface area contributed by atoms with E-state index in [2.05, 4.69) is 15.3 Å². The van der Waals surface area contributed by atoms with E-state index in [1.165, 1.54) is 6.92 Å². The van der Waals surface area contributed by atoms with Crippen molar-refractivity contribution in [2.24, 2.45) is 10.9 Å². The number of carbonyl (C=O) groups is 2. The molecule has 0 saturated carbocycles. The van der Waals surface area contributed by atoms with Crippen LogP contribution in [0, 0.1) is 0 Å². The Morgan fingerprint density at radius 1 is 1.43 bits per heavy atom. The van der Waals surface area contributed by atoms with Gasteiger partial charge in [0.2, 0.25) is 0 Å². The van der Waals surface area contributed by atoms with Crippen LogP contribution >= 0.6 is 0 Å². The summed E-state index contributed by atoms with van der Waals surface area (Å²) < 4.78 is 10.7. The molecular formula is C13H23N3O5. The van der Waals surface area contributed by atoms with Crippen molar-refractivity contribution < 1.29 is 23.9 Å². The van der Waals surface area contributed by atoms with Gasteiger partial charge in [0, 0.05) is 13.5 Å². The maximum absolute atomic E-state index is 11.9. The molecule has 2 unspecified atom stereocenters. The van der Waals surface area contributed by atoms with Crippen LogP contribution < -0.4 is 11.1 Å². The zero-order valence-corrected chi connectivity index (χ0v) is 12.8. The fourth-order valence-corrected chi connectivity index (χ4v) is 1.83. The van der Waals surface area contributed by atoms with Gasteiger partial charge in [-0.2, -0.15) is 0 Å². The van der Waals surface area contributed by atoms with Gasteiger partial charge in [-0.25, -0.2) is 9.59 Å². The van der Waals surface area contributed by atoms with Gasteiger partial charge >= 0.3 is 12.1 Å². The summed E-state index contributed by atoms with van der Waals surface area (Å²) in [7, 11) is 0. The Kier molecular flexibility index (Phi) is 5.95. The molecule has 0 aromatic heterocycles. The molecule has 0 aliphatic carbocycles. The number of carbonyl (C=O) groups excluding carboxylic acids is 2. The van der Waals surface area contributed by atoms with E-state index < -0.39 is 23.7 Å². The number of nitrogens with one attached hydrogen (secondary N) is 1. The number of nitrogens with two attached hydrogens (primary N) is 1. The molecule has 0 spiro atoms. The molecule has 1 aliphatic heterocycles. The highest BCUT2D eigenvalue weighted by Crippen LogP contribution is 2.17. The number of nitrogens with zero attached hydrogens (tertiary/aromatic N) is 1. The van der Waals surface area contributed by atoms with E-state index in [1.54, 1.807) is 20.8 Å². The molecule has 1 saturated heterocycles. The van der Waals surface area contributed by atoms with E-state index in [0.29, 0.717) is 6.61 Å². The highest BCUT2D eigenvalue weighted by Gasteiger charge is 2.32. The van der Waals surface area contributed by atoms with Crippen molar-refractivity contribution in [1.82, 2.24) is 5.32 Å². The van der Waals surface area contributed by atoms with Crippen LogP contribution in [0.3, 0.4) is 0 Å². The van der Waals surface area contributed by atoms with Crippen molar-refractivity contribution in [3.8, 4) is 0 Å². The normalized spacial score (nSPS) is 20.8. The molecule has 1 heterocycles. The highest BCUT2D eigenvalue weighted by molar-refractivity contribution is 5.89. The highest BCUT2D eigenvalue weighted by atomic mass is 16.7. The van der Waals surface area contributed by atoms with Crippen LogP contribution in [0.25, 0.3) is 0 Å². The molecule has 0 aromatic carbocycles. The van der Waals surface area contributed by atoms with Crippen LogP contribution in [0.2, 0.25) is 0 Å². The predicted octanol–water partition coefficient (Wildman–Crippen LogP) is 0.894. The minimum atomic E-state index is -0.707. The van der Waals surface area contributed by atoms with Gasteiger partial charge in [-0.1, -0.05) is 5.16 Å². The van der Waals surface area contributed by atoms with Crippen molar-refractivity contribution >= 4 is 17.9 Å². The fourth-order valence-electron chi connectivity index (χ4n) is 1.83. The average molecular weight is 301 g/mol. The zero-order valence-electron chi connectivity index (χ0n) is 12.8. The van der Waals surface area contributed by atoms with E-state index in [0.717, 1.165) is 12.8 Å². The molecule has 120 valence electrons. The van der Waals surface area contributed by atoms with Gasteiger partial charge in [-0.3, -0.25) is 0 Å². The largest absolute Gasteiger partial charge is 0.444 e. The van der Waals surface area contributed by atoms with Crippen molar-refractivity contribution in [3.05, 3.63) is 0 Å². The Balaban J connectivity index is 2.75. The average Bonchev–Trinajstić information content (AvgIpc) is 2.84. The molecule has 1 fully saturated rings. The molecule has 8 nitrogen and oxygen atoms in total. The van der Waals surface area contributed by atoms with E-state index in [-0.39, 0.29) is 11.9 Å². The lowest BCUT2D eigenvalue weighted by atomic mass is 10.1. The number of amides is 1. The van der Waals surface area contributed by atoms with E-state index in [4.69, 9.17) is 15.2 Å². The third-order valence-corrected chi connectivity index (χ3v) is 2.61. The number of hydrogen-bond acceptors (Lipinski definition) is 6. The first-order valence-electron chi connectivity index (χ1n) is 6.81. The maximum atomic E-state index is 11.9. The maximum Gasteiger partial charge on any atom is 0.408 e. The zero-order chi connectivity index (χ0) is 16.0. The van der Waals surface area contributed by atoms with Gasteiger partial charge < -0.3 is 25.4 Å². The summed E-state index contributed by atoms with van der Waals surface area (Å²) in [6.45, 7) is 7.05. The molecule has 1 amide bonds. The van der Waals surface area contributed by atoms with Gasteiger partial charge in [-0.15, -0.1) is 0 Å². The smallest absolute Gasteiger partial charge is 0.408 e. The van der Waals surface area contributed by atoms with Crippen molar-refractivity contribution in [3.63, 3.8) is 0 Å². The molecule has 1 rings (SSSR count). The number of amidine groups is 1. The Bertz CT molecular complexity index is 411. The molecule has 3 N–H and O–H groups in total. The summed E-state index contributed by atoms with van der Waals surface area (Å²) in [6.07, 6.45) is 0.621. The second-order valence-electron chi connectivity index (χ2n) is 5.77. The lowest BCUT2D eigenvalue weighted by molar-refractivity contribution is -0.141. The minimum Gasteiger partial charge on any atom is -0.444 e. The summed E-state index contributed by atoms with van der Waals surface area (Å²) in [5, 5.41) is 6.12. The fraction of sp³-hybridized carbons (Fsp3) is 0.769. The summed E-state index contributed by atoms with van der Waals surface area (Å²) in [5.74, 6) is -0.635. The van der Waals surface area contributed by atoms with Crippen LogP contribution in [0.15, 0.2) is 5.16 Å². The first-order valence-corrected chi connectivity index (χ1v) is 6.81. The first kappa shape index (κ1) is 17.2. The Hall–Kier alpha value is -1.83. The van der Waals surface area contributed by atoms with Crippen LogP contribution in [-0.2, 0) is 19.1 Å². The molecule has 21 heavy (non-hydrogen) atoms. The number of alkyl carbamates (subject to hydrolysis) is 1. The van der Waals surface area contributed by atoms with Gasteiger partial charge in [-0.05, 0) is 33.6 Å². The number of hydrogen-bond donors (Lipinski definition) is 2. The van der Waals surface area contributed by atoms with Crippen LogP contribution in [0.4, 0.5) is 4.79 Å². The van der Waals surface area contributed by atoms with Crippen LogP contribution in [0.5, 0.6) is 0 Å². The third kappa shape index (κ3) is 6.44. The Morgan fingerprint density at radius 2 is 2.10 bits per heavy atom. The van der Waals surface area contributed by atoms with Crippen molar-refractivity contribution in [2.45, 2.75) is 58.3 Å². The van der Waals surface area contributed by atoms with Crippen molar-refractivity contribution in [1.29, 1.82) is 0 Å². The SMILES string of the molecule is CC(=O)O/N=C(\N)C(NC(=O)OC(C)(C)C)C1CCCO1. The molecule has 0 radical (unpaired) electrons. The second-order valence-corrected chi connectivity index (χ2v) is 5.77. The van der Waals surface area contributed by atoms with Gasteiger partial charge in [0.1, 0.15) is 11.6 Å². The lowest BCUT2D eigenvalue weighted by Gasteiger charge is -2.26. The topological polar surface area (TPSA) is 112 Å². The standard InChI is InChI=1S/C13H23N3O5/c1-8(17)21-16-11(14)10(9-6-5-7-19-9)15-12(18)20-13(2,3)4/h9-10H,5-7H2,1-4H3,(H2,14,16)(H,15,18). The summed E-state index contributed by atoms with van der Waals surface area (Å²) >= 11 is 0. The monoisotopic (exact) mass is 301 g/mol. The molecular weight excluding hydrogens is 278 g/mol. The van der Waals surface area contributed by atoms with E-state index in [9.17, 15) is 9.59 Å². The van der Waals surface area contributed by atoms with Crippen molar-refractivity contribution in [2.75, 3.05) is 6.61 Å².